The highest BCUT2D eigenvalue weighted by Gasteiger charge is 2.51. The molecule has 1 atom stereocenters. The molecule has 2 aliphatic rings. The van der Waals surface area contributed by atoms with Gasteiger partial charge in [-0.05, 0) is 68.2 Å². The molecule has 1 aromatic heterocycles. The molecule has 1 aromatic carbocycles. The number of hydrogen-bond acceptors (Lipinski definition) is 7. The number of hydrogen-bond donors (Lipinski definition) is 1. The fraction of sp³-hybridized carbons (Fsp3) is 0.385. The number of thiol groups is 1. The summed E-state index contributed by atoms with van der Waals surface area (Å²) >= 11 is 4.57. The largest absolute Gasteiger partial charge is 0.478 e. The van der Waals surface area contributed by atoms with Crippen molar-refractivity contribution in [1.29, 1.82) is 5.26 Å². The van der Waals surface area contributed by atoms with Crippen molar-refractivity contribution in [2.75, 3.05) is 24.6 Å². The highest BCUT2D eigenvalue weighted by Crippen LogP contribution is 2.40. The maximum Gasteiger partial charge on any atom is 0.417 e. The van der Waals surface area contributed by atoms with Gasteiger partial charge in [0.25, 0.3) is 0 Å². The summed E-state index contributed by atoms with van der Waals surface area (Å²) in [6, 6.07) is 8.55. The number of halogens is 3. The van der Waals surface area contributed by atoms with E-state index in [1.165, 1.54) is 16.5 Å². The fourth-order valence-electron chi connectivity index (χ4n) is 4.40. The van der Waals surface area contributed by atoms with Crippen LogP contribution in [0.3, 0.4) is 0 Å². The van der Waals surface area contributed by atoms with Crippen LogP contribution in [0.25, 0.3) is 5.57 Å². The number of dihydropyridines is 1. The number of anilines is 1. The number of nitrogens with zero attached hydrogens (tertiary/aromatic N) is 5. The summed E-state index contributed by atoms with van der Waals surface area (Å²) in [6.45, 7) is 4.92. The average molecular weight is 530 g/mol. The minimum atomic E-state index is -4.73. The summed E-state index contributed by atoms with van der Waals surface area (Å²) in [7, 11) is 0. The van der Waals surface area contributed by atoms with Gasteiger partial charge >= 0.3 is 6.18 Å². The van der Waals surface area contributed by atoms with Crippen molar-refractivity contribution in [3.05, 3.63) is 59.3 Å². The molecule has 0 bridgehead atoms. The number of aliphatic imine (C=N–C) groups is 1. The predicted octanol–water partition coefficient (Wildman–Crippen LogP) is 4.94. The van der Waals surface area contributed by atoms with Gasteiger partial charge in [0.05, 0.1) is 29.3 Å². The zero-order chi connectivity index (χ0) is 26.8. The third-order valence-corrected chi connectivity index (χ3v) is 6.98. The minimum Gasteiger partial charge on any atom is -0.478 e. The topological polar surface area (TPSA) is 81.8 Å². The van der Waals surface area contributed by atoms with Crippen molar-refractivity contribution in [1.82, 2.24) is 9.88 Å². The van der Waals surface area contributed by atoms with E-state index in [-0.39, 0.29) is 11.6 Å². The Hall–Kier alpha value is -3.36. The number of carbonyl (C=O) groups excluding carboxylic acids is 1. The van der Waals surface area contributed by atoms with Crippen molar-refractivity contribution in [2.24, 2.45) is 4.99 Å². The normalized spacial score (nSPS) is 19.6. The van der Waals surface area contributed by atoms with Crippen LogP contribution in [0.2, 0.25) is 0 Å². The zero-order valence-electron chi connectivity index (χ0n) is 20.4. The molecule has 4 rings (SSSR count). The second-order valence-electron chi connectivity index (χ2n) is 9.20. The maximum absolute atomic E-state index is 13.5. The molecule has 194 valence electrons. The Morgan fingerprint density at radius 3 is 2.68 bits per heavy atom. The standard InChI is InChI=1S/C26H26F3N5O2S/c1-25(2)23(35)34(20-6-4-18(15-30)21(14-20)26(27,28)29)24(37)33(25)12-3-13-36-22-7-5-19(16-32-22)17-8-10-31-11-9-17/h4-8,10,14,16,24,37H,3,9,11-13H2,1-2H3. The lowest BCUT2D eigenvalue weighted by molar-refractivity contribution is -0.137. The van der Waals surface area contributed by atoms with Crippen LogP contribution in [-0.4, -0.2) is 52.7 Å². The summed E-state index contributed by atoms with van der Waals surface area (Å²) in [5, 5.41) is 9.07. The lowest BCUT2D eigenvalue weighted by Crippen LogP contribution is -2.45. The lowest BCUT2D eigenvalue weighted by Gasteiger charge is -2.31. The van der Waals surface area contributed by atoms with Gasteiger partial charge < -0.3 is 4.74 Å². The summed E-state index contributed by atoms with van der Waals surface area (Å²) in [6.07, 6.45) is 2.20. The van der Waals surface area contributed by atoms with Gasteiger partial charge in [0.2, 0.25) is 11.8 Å². The number of rotatable bonds is 7. The van der Waals surface area contributed by atoms with Crippen LogP contribution in [-0.2, 0) is 11.0 Å². The SMILES string of the molecule is CC1(C)C(=O)N(c2ccc(C#N)c(C(F)(F)F)c2)C(S)N1CCCOc1ccc(C2=CC=NCC2)cn1. The molecule has 0 spiro atoms. The van der Waals surface area contributed by atoms with E-state index in [1.54, 1.807) is 43.3 Å². The molecule has 11 heteroatoms. The van der Waals surface area contributed by atoms with Crippen molar-refractivity contribution < 1.29 is 22.7 Å². The number of aromatic nitrogens is 1. The van der Waals surface area contributed by atoms with Gasteiger partial charge in [-0.2, -0.15) is 18.4 Å². The van der Waals surface area contributed by atoms with E-state index in [0.29, 0.717) is 25.5 Å². The average Bonchev–Trinajstić information content (AvgIpc) is 3.05. The van der Waals surface area contributed by atoms with E-state index in [9.17, 15) is 18.0 Å². The first-order valence-corrected chi connectivity index (χ1v) is 12.2. The van der Waals surface area contributed by atoms with Crippen molar-refractivity contribution in [2.45, 2.75) is 43.9 Å². The molecular weight excluding hydrogens is 503 g/mol. The summed E-state index contributed by atoms with van der Waals surface area (Å²) < 4.78 is 46.2. The third-order valence-electron chi connectivity index (χ3n) is 6.47. The van der Waals surface area contributed by atoms with E-state index < -0.39 is 28.3 Å². The summed E-state index contributed by atoms with van der Waals surface area (Å²) in [4.78, 5) is 24.8. The molecule has 2 aliphatic heterocycles. The molecule has 1 unspecified atom stereocenters. The molecule has 0 N–H and O–H groups in total. The lowest BCUT2D eigenvalue weighted by atomic mass is 10.0. The first-order chi connectivity index (χ1) is 17.5. The van der Waals surface area contributed by atoms with Crippen molar-refractivity contribution >= 4 is 36.0 Å². The van der Waals surface area contributed by atoms with Gasteiger partial charge in [-0.25, -0.2) is 4.98 Å². The molecule has 1 saturated heterocycles. The van der Waals surface area contributed by atoms with Crippen LogP contribution in [0.15, 0.2) is 47.6 Å². The Bertz CT molecular complexity index is 1270. The Kier molecular flexibility index (Phi) is 7.62. The number of pyridine rings is 1. The molecule has 3 heterocycles. The highest BCUT2D eigenvalue weighted by molar-refractivity contribution is 7.81. The first kappa shape index (κ1) is 26.7. The van der Waals surface area contributed by atoms with Crippen LogP contribution >= 0.6 is 12.6 Å². The minimum absolute atomic E-state index is 0.0341. The smallest absolute Gasteiger partial charge is 0.417 e. The molecule has 1 fully saturated rings. The number of alkyl halides is 3. The number of ether oxygens (including phenoxy) is 1. The summed E-state index contributed by atoms with van der Waals surface area (Å²) in [5.74, 6) is 0.0949. The molecule has 2 aromatic rings. The van der Waals surface area contributed by atoms with E-state index in [4.69, 9.17) is 10.00 Å². The predicted molar refractivity (Wildman–Crippen MR) is 138 cm³/mol. The number of amides is 1. The van der Waals surface area contributed by atoms with E-state index in [1.807, 2.05) is 12.1 Å². The number of allylic oxidation sites excluding steroid dienone is 1. The van der Waals surface area contributed by atoms with Crippen LogP contribution in [0, 0.1) is 11.3 Å². The monoisotopic (exact) mass is 529 g/mol. The van der Waals surface area contributed by atoms with E-state index in [0.717, 1.165) is 30.7 Å². The van der Waals surface area contributed by atoms with E-state index in [2.05, 4.69) is 22.6 Å². The maximum atomic E-state index is 13.5. The van der Waals surface area contributed by atoms with Gasteiger partial charge in [0.15, 0.2) is 0 Å². The van der Waals surface area contributed by atoms with Crippen LogP contribution in [0.1, 0.15) is 43.4 Å². The molecule has 7 nitrogen and oxygen atoms in total. The third kappa shape index (κ3) is 5.50. The zero-order valence-corrected chi connectivity index (χ0v) is 21.3. The Morgan fingerprint density at radius 2 is 2.05 bits per heavy atom. The molecule has 0 aliphatic carbocycles. The Labute approximate surface area is 218 Å². The van der Waals surface area contributed by atoms with E-state index >= 15 is 0 Å². The van der Waals surface area contributed by atoms with Crippen molar-refractivity contribution in [3.8, 4) is 11.9 Å². The number of benzene rings is 1. The van der Waals surface area contributed by atoms with Gasteiger partial charge in [0, 0.05) is 37.3 Å². The van der Waals surface area contributed by atoms with Gasteiger partial charge in [0.1, 0.15) is 5.50 Å². The molecular formula is C26H26F3N5O2S. The van der Waals surface area contributed by atoms with Gasteiger partial charge in [-0.1, -0.05) is 0 Å². The number of carbonyl (C=O) groups is 1. The van der Waals surface area contributed by atoms with Crippen molar-refractivity contribution in [3.63, 3.8) is 0 Å². The summed E-state index contributed by atoms with van der Waals surface area (Å²) in [5.41, 5.74) is -1.16. The van der Waals surface area contributed by atoms with Gasteiger partial charge in [-0.3, -0.25) is 19.6 Å². The Morgan fingerprint density at radius 1 is 1.27 bits per heavy atom. The number of nitriles is 1. The molecule has 1 amide bonds. The fourth-order valence-corrected chi connectivity index (χ4v) is 5.05. The second kappa shape index (κ2) is 10.6. The Balaban J connectivity index is 1.40. The second-order valence-corrected chi connectivity index (χ2v) is 9.66. The molecule has 37 heavy (non-hydrogen) atoms. The van der Waals surface area contributed by atoms with Crippen LogP contribution in [0.4, 0.5) is 18.9 Å². The first-order valence-electron chi connectivity index (χ1n) is 11.7. The van der Waals surface area contributed by atoms with Gasteiger partial charge in [-0.15, -0.1) is 12.6 Å². The highest BCUT2D eigenvalue weighted by atomic mass is 32.1. The molecule has 0 radical (unpaired) electrons. The van der Waals surface area contributed by atoms with Crippen LogP contribution in [0.5, 0.6) is 5.88 Å². The quantitative estimate of drug-likeness (QED) is 0.406. The molecule has 0 saturated carbocycles. The van der Waals surface area contributed by atoms with Crippen LogP contribution < -0.4 is 9.64 Å².